The highest BCUT2D eigenvalue weighted by Crippen LogP contribution is 2.31. The maximum atomic E-state index is 12.2. The van der Waals surface area contributed by atoms with Crippen molar-refractivity contribution in [1.82, 2.24) is 4.98 Å². The van der Waals surface area contributed by atoms with E-state index in [1.54, 1.807) is 11.3 Å². The van der Waals surface area contributed by atoms with E-state index in [4.69, 9.17) is 9.72 Å². The van der Waals surface area contributed by atoms with Crippen molar-refractivity contribution in [3.63, 3.8) is 0 Å². The van der Waals surface area contributed by atoms with E-state index in [1.165, 1.54) is 10.3 Å². The number of aromatic nitrogens is 1. The molecule has 1 N–H and O–H groups in total. The molecule has 2 heterocycles. The number of aryl methyl sites for hydroxylation is 1. The van der Waals surface area contributed by atoms with Gasteiger partial charge in [-0.2, -0.15) is 0 Å². The number of thiazole rings is 1. The van der Waals surface area contributed by atoms with Crippen molar-refractivity contribution in [3.05, 3.63) is 48.0 Å². The molecule has 0 atom stereocenters. The van der Waals surface area contributed by atoms with Crippen LogP contribution in [0.1, 0.15) is 31.2 Å². The van der Waals surface area contributed by atoms with Crippen LogP contribution in [-0.4, -0.2) is 24.1 Å². The number of nitrogens with one attached hydrogen (secondary N) is 1. The van der Waals surface area contributed by atoms with E-state index >= 15 is 0 Å². The molecule has 1 aliphatic heterocycles. The molecule has 0 aliphatic carbocycles. The highest BCUT2D eigenvalue weighted by molar-refractivity contribution is 7.21. The van der Waals surface area contributed by atoms with Gasteiger partial charge in [-0.1, -0.05) is 6.07 Å². The smallest absolute Gasteiger partial charge is 0.224 e. The number of carbonyl (C=O) groups is 1. The van der Waals surface area contributed by atoms with Gasteiger partial charge in [0.2, 0.25) is 5.91 Å². The summed E-state index contributed by atoms with van der Waals surface area (Å²) in [4.78, 5) is 16.9. The van der Waals surface area contributed by atoms with Crippen LogP contribution in [0.15, 0.2) is 42.5 Å². The average Bonchev–Trinajstić information content (AvgIpc) is 3.11. The standard InChI is InChI=1S/C22H24N2O2S/c1-15-2-8-19-20(14-15)27-22(24-19)17-4-6-18(7-5-17)23-21(25)9-3-16-10-12-26-13-11-16/h2,4-8,14,16H,3,9-13H2,1H3,(H,23,25). The second-order valence-corrected chi connectivity index (χ2v) is 8.24. The molecule has 4 rings (SSSR count). The summed E-state index contributed by atoms with van der Waals surface area (Å²) in [6.45, 7) is 3.76. The van der Waals surface area contributed by atoms with Gasteiger partial charge in [-0.3, -0.25) is 4.79 Å². The zero-order valence-corrected chi connectivity index (χ0v) is 16.3. The first kappa shape index (κ1) is 18.1. The first-order chi connectivity index (χ1) is 13.2. The van der Waals surface area contributed by atoms with Gasteiger partial charge < -0.3 is 10.1 Å². The van der Waals surface area contributed by atoms with E-state index < -0.39 is 0 Å². The molecule has 5 heteroatoms. The number of nitrogens with zero attached hydrogens (tertiary/aromatic N) is 1. The summed E-state index contributed by atoms with van der Waals surface area (Å²) in [5.41, 5.74) is 4.20. The van der Waals surface area contributed by atoms with E-state index in [2.05, 4.69) is 30.4 Å². The Morgan fingerprint density at radius 1 is 1.19 bits per heavy atom. The molecule has 1 saturated heterocycles. The number of hydrogen-bond acceptors (Lipinski definition) is 4. The van der Waals surface area contributed by atoms with Gasteiger partial charge in [0, 0.05) is 30.9 Å². The molecule has 0 saturated carbocycles. The molecule has 0 bridgehead atoms. The maximum absolute atomic E-state index is 12.2. The van der Waals surface area contributed by atoms with Crippen molar-refractivity contribution in [3.8, 4) is 10.6 Å². The van der Waals surface area contributed by atoms with Crippen molar-refractivity contribution in [2.24, 2.45) is 5.92 Å². The number of anilines is 1. The predicted molar refractivity (Wildman–Crippen MR) is 111 cm³/mol. The van der Waals surface area contributed by atoms with E-state index in [0.29, 0.717) is 12.3 Å². The minimum Gasteiger partial charge on any atom is -0.381 e. The van der Waals surface area contributed by atoms with Crippen LogP contribution in [0.5, 0.6) is 0 Å². The van der Waals surface area contributed by atoms with Gasteiger partial charge >= 0.3 is 0 Å². The lowest BCUT2D eigenvalue weighted by atomic mass is 9.95. The molecule has 1 aromatic heterocycles. The first-order valence-corrected chi connectivity index (χ1v) is 10.3. The Hall–Kier alpha value is -2.24. The molecule has 1 amide bonds. The molecule has 4 nitrogen and oxygen atoms in total. The fourth-order valence-electron chi connectivity index (χ4n) is 3.45. The van der Waals surface area contributed by atoms with Crippen molar-refractivity contribution >= 4 is 33.1 Å². The van der Waals surface area contributed by atoms with Crippen LogP contribution in [0.3, 0.4) is 0 Å². The van der Waals surface area contributed by atoms with Gasteiger partial charge in [-0.15, -0.1) is 11.3 Å². The largest absolute Gasteiger partial charge is 0.381 e. The Balaban J connectivity index is 1.37. The minimum atomic E-state index is 0.0877. The molecule has 0 spiro atoms. The number of hydrogen-bond donors (Lipinski definition) is 1. The SMILES string of the molecule is Cc1ccc2nc(-c3ccc(NC(=O)CCC4CCOCC4)cc3)sc2c1. The molecular formula is C22H24N2O2S. The van der Waals surface area contributed by atoms with Crippen LogP contribution < -0.4 is 5.32 Å². The Labute approximate surface area is 163 Å². The first-order valence-electron chi connectivity index (χ1n) is 9.52. The summed E-state index contributed by atoms with van der Waals surface area (Å²) >= 11 is 1.70. The third-order valence-electron chi connectivity index (χ3n) is 5.08. The topological polar surface area (TPSA) is 51.2 Å². The zero-order valence-electron chi connectivity index (χ0n) is 15.5. The van der Waals surface area contributed by atoms with Gasteiger partial charge in [0.1, 0.15) is 5.01 Å². The summed E-state index contributed by atoms with van der Waals surface area (Å²) in [5, 5.41) is 4.01. The second kappa shape index (κ2) is 8.19. The molecule has 0 radical (unpaired) electrons. The van der Waals surface area contributed by atoms with E-state index in [9.17, 15) is 4.79 Å². The highest BCUT2D eigenvalue weighted by atomic mass is 32.1. The van der Waals surface area contributed by atoms with E-state index in [1.807, 2.05) is 24.3 Å². The van der Waals surface area contributed by atoms with Crippen molar-refractivity contribution in [2.75, 3.05) is 18.5 Å². The molecule has 0 unspecified atom stereocenters. The Kier molecular flexibility index (Phi) is 5.50. The van der Waals surface area contributed by atoms with E-state index in [-0.39, 0.29) is 5.91 Å². The number of amides is 1. The molecule has 140 valence electrons. The fraction of sp³-hybridized carbons (Fsp3) is 0.364. The predicted octanol–water partition coefficient (Wildman–Crippen LogP) is 5.42. The van der Waals surface area contributed by atoms with Gasteiger partial charge in [0.15, 0.2) is 0 Å². The Morgan fingerprint density at radius 2 is 1.96 bits per heavy atom. The summed E-state index contributed by atoms with van der Waals surface area (Å²) in [5.74, 6) is 0.708. The quantitative estimate of drug-likeness (QED) is 0.643. The number of rotatable bonds is 5. The van der Waals surface area contributed by atoms with Gasteiger partial charge in [-0.25, -0.2) is 4.98 Å². The van der Waals surface area contributed by atoms with E-state index in [0.717, 1.165) is 54.3 Å². The monoisotopic (exact) mass is 380 g/mol. The minimum absolute atomic E-state index is 0.0877. The number of benzene rings is 2. The number of fused-ring (bicyclic) bond motifs is 1. The molecule has 1 aliphatic rings. The second-order valence-electron chi connectivity index (χ2n) is 7.21. The highest BCUT2D eigenvalue weighted by Gasteiger charge is 2.15. The van der Waals surface area contributed by atoms with Crippen molar-refractivity contribution < 1.29 is 9.53 Å². The maximum Gasteiger partial charge on any atom is 0.224 e. The number of carbonyl (C=O) groups excluding carboxylic acids is 1. The van der Waals surface area contributed by atoms with Gasteiger partial charge in [0.05, 0.1) is 10.2 Å². The Bertz CT molecular complexity index is 927. The lowest BCUT2D eigenvalue weighted by Gasteiger charge is -2.21. The summed E-state index contributed by atoms with van der Waals surface area (Å²) in [7, 11) is 0. The molecule has 27 heavy (non-hydrogen) atoms. The third kappa shape index (κ3) is 4.54. The fourth-order valence-corrected chi connectivity index (χ4v) is 4.51. The third-order valence-corrected chi connectivity index (χ3v) is 6.15. The lowest BCUT2D eigenvalue weighted by molar-refractivity contribution is -0.116. The van der Waals surface area contributed by atoms with Gasteiger partial charge in [0.25, 0.3) is 0 Å². The van der Waals surface area contributed by atoms with Crippen molar-refractivity contribution in [1.29, 1.82) is 0 Å². The lowest BCUT2D eigenvalue weighted by Crippen LogP contribution is -2.18. The van der Waals surface area contributed by atoms with Crippen LogP contribution in [0.2, 0.25) is 0 Å². The molecule has 1 fully saturated rings. The summed E-state index contributed by atoms with van der Waals surface area (Å²) < 4.78 is 6.57. The van der Waals surface area contributed by atoms with Crippen LogP contribution in [0.25, 0.3) is 20.8 Å². The molecule has 2 aromatic carbocycles. The normalized spacial score (nSPS) is 15.1. The van der Waals surface area contributed by atoms with Crippen LogP contribution in [0.4, 0.5) is 5.69 Å². The van der Waals surface area contributed by atoms with Crippen LogP contribution in [-0.2, 0) is 9.53 Å². The molecule has 3 aromatic rings. The van der Waals surface area contributed by atoms with Crippen molar-refractivity contribution in [2.45, 2.75) is 32.6 Å². The zero-order chi connectivity index (χ0) is 18.6. The molecular weight excluding hydrogens is 356 g/mol. The summed E-state index contributed by atoms with van der Waals surface area (Å²) in [6, 6.07) is 14.3. The Morgan fingerprint density at radius 3 is 2.74 bits per heavy atom. The van der Waals surface area contributed by atoms with Crippen LogP contribution >= 0.6 is 11.3 Å². The van der Waals surface area contributed by atoms with Gasteiger partial charge in [-0.05, 0) is 74.1 Å². The van der Waals surface area contributed by atoms with Crippen LogP contribution in [0, 0.1) is 12.8 Å². The summed E-state index contributed by atoms with van der Waals surface area (Å²) in [6.07, 6.45) is 3.66. The average molecular weight is 381 g/mol. The number of ether oxygens (including phenoxy) is 1.